The number of nitrogens with zero attached hydrogens (tertiary/aromatic N) is 3. The van der Waals surface area contributed by atoms with E-state index in [0.29, 0.717) is 34.4 Å². The molecule has 2 heterocycles. The van der Waals surface area contributed by atoms with Crippen LogP contribution in [0.4, 0.5) is 0 Å². The van der Waals surface area contributed by atoms with Gasteiger partial charge >= 0.3 is 5.97 Å². The topological polar surface area (TPSA) is 97.3 Å². The predicted octanol–water partition coefficient (Wildman–Crippen LogP) is 3.21. The molecular formula is C24H28N4O4. The van der Waals surface area contributed by atoms with Gasteiger partial charge in [0, 0.05) is 36.6 Å². The third kappa shape index (κ3) is 4.49. The van der Waals surface area contributed by atoms with Crippen LogP contribution in [0.2, 0.25) is 0 Å². The van der Waals surface area contributed by atoms with Crippen LogP contribution in [0.25, 0.3) is 17.0 Å². The second-order valence-corrected chi connectivity index (χ2v) is 7.48. The molecule has 3 aromatic rings. The fraction of sp³-hybridized carbons (Fsp3) is 0.333. The molecule has 3 rings (SSSR count). The van der Waals surface area contributed by atoms with Gasteiger partial charge in [0.2, 0.25) is 5.91 Å². The van der Waals surface area contributed by atoms with Crippen LogP contribution < -0.4 is 5.56 Å². The number of para-hydroxylation sites is 1. The van der Waals surface area contributed by atoms with Crippen LogP contribution in [0.15, 0.2) is 35.1 Å². The van der Waals surface area contributed by atoms with Crippen molar-refractivity contribution in [2.24, 2.45) is 0 Å². The number of amides is 1. The number of hydrogen-bond acceptors (Lipinski definition) is 5. The third-order valence-corrected chi connectivity index (χ3v) is 5.44. The molecule has 0 fully saturated rings. The van der Waals surface area contributed by atoms with E-state index in [1.165, 1.54) is 11.0 Å². The summed E-state index contributed by atoms with van der Waals surface area (Å²) in [5, 5.41) is 0.503. The van der Waals surface area contributed by atoms with Crippen LogP contribution in [-0.2, 0) is 22.6 Å². The second-order valence-electron chi connectivity index (χ2n) is 7.48. The maximum Gasteiger partial charge on any atom is 0.340 e. The number of likely N-dealkylation sites (N-methyl/N-ethyl adjacent to an activating group) is 1. The molecule has 0 spiro atoms. The van der Waals surface area contributed by atoms with Crippen LogP contribution in [0.1, 0.15) is 47.0 Å². The fourth-order valence-electron chi connectivity index (χ4n) is 3.84. The number of benzene rings is 1. The summed E-state index contributed by atoms with van der Waals surface area (Å²) in [6.07, 6.45) is 3.07. The van der Waals surface area contributed by atoms with Crippen molar-refractivity contribution in [2.45, 2.75) is 40.8 Å². The Labute approximate surface area is 186 Å². The maximum absolute atomic E-state index is 12.7. The Kier molecular flexibility index (Phi) is 6.92. The van der Waals surface area contributed by atoms with E-state index in [-0.39, 0.29) is 24.6 Å². The number of ether oxygens (including phenoxy) is 1. The SMILES string of the molecule is CCOC(=O)c1c(C=CC(=O)N(C)Cc2nc3ccccc3c(=O)[nH]2)c(C)n(CC)c1C. The Morgan fingerprint density at radius 2 is 1.91 bits per heavy atom. The molecule has 168 valence electrons. The first kappa shape index (κ1) is 23.0. The van der Waals surface area contributed by atoms with Gasteiger partial charge in [-0.2, -0.15) is 0 Å². The first-order chi connectivity index (χ1) is 15.3. The summed E-state index contributed by atoms with van der Waals surface area (Å²) in [5.41, 5.74) is 3.17. The Morgan fingerprint density at radius 1 is 1.19 bits per heavy atom. The van der Waals surface area contributed by atoms with Crippen LogP contribution in [-0.4, -0.2) is 45.0 Å². The van der Waals surface area contributed by atoms with Gasteiger partial charge in [-0.25, -0.2) is 9.78 Å². The summed E-state index contributed by atoms with van der Waals surface area (Å²) in [6.45, 7) is 8.66. The van der Waals surface area contributed by atoms with E-state index in [2.05, 4.69) is 9.97 Å². The van der Waals surface area contributed by atoms with Gasteiger partial charge < -0.3 is 19.2 Å². The summed E-state index contributed by atoms with van der Waals surface area (Å²) in [5.74, 6) is -0.287. The van der Waals surface area contributed by atoms with Crippen LogP contribution in [0.3, 0.4) is 0 Å². The molecule has 0 atom stereocenters. The van der Waals surface area contributed by atoms with Crippen molar-refractivity contribution in [3.8, 4) is 0 Å². The molecule has 0 saturated heterocycles. The van der Waals surface area contributed by atoms with Gasteiger partial charge in [-0.1, -0.05) is 12.1 Å². The van der Waals surface area contributed by atoms with Crippen molar-refractivity contribution in [3.05, 3.63) is 69.0 Å². The van der Waals surface area contributed by atoms with Crippen LogP contribution >= 0.6 is 0 Å². The van der Waals surface area contributed by atoms with Crippen LogP contribution in [0, 0.1) is 13.8 Å². The average molecular weight is 437 g/mol. The van der Waals surface area contributed by atoms with Crippen molar-refractivity contribution in [1.82, 2.24) is 19.4 Å². The normalized spacial score (nSPS) is 11.3. The number of esters is 1. The minimum Gasteiger partial charge on any atom is -0.462 e. The van der Waals surface area contributed by atoms with E-state index < -0.39 is 5.97 Å². The smallest absolute Gasteiger partial charge is 0.340 e. The molecule has 0 saturated carbocycles. The van der Waals surface area contributed by atoms with Gasteiger partial charge in [-0.05, 0) is 45.9 Å². The Hall–Kier alpha value is -3.68. The summed E-state index contributed by atoms with van der Waals surface area (Å²) < 4.78 is 7.24. The van der Waals surface area contributed by atoms with E-state index in [9.17, 15) is 14.4 Å². The highest BCUT2D eigenvalue weighted by Gasteiger charge is 2.22. The lowest BCUT2D eigenvalue weighted by atomic mass is 10.1. The Bertz CT molecular complexity index is 1250. The zero-order valence-electron chi connectivity index (χ0n) is 19.1. The molecule has 32 heavy (non-hydrogen) atoms. The molecule has 0 unspecified atom stereocenters. The van der Waals surface area contributed by atoms with Crippen LogP contribution in [0.5, 0.6) is 0 Å². The highest BCUT2D eigenvalue weighted by atomic mass is 16.5. The van der Waals surface area contributed by atoms with E-state index >= 15 is 0 Å². The van der Waals surface area contributed by atoms with Crippen molar-refractivity contribution in [2.75, 3.05) is 13.7 Å². The number of fused-ring (bicyclic) bond motifs is 1. The number of carbonyl (C=O) groups excluding carboxylic acids is 2. The number of H-pyrrole nitrogens is 1. The summed E-state index contributed by atoms with van der Waals surface area (Å²) in [7, 11) is 1.63. The molecule has 8 nitrogen and oxygen atoms in total. The van der Waals surface area contributed by atoms with Gasteiger partial charge in [-0.3, -0.25) is 9.59 Å². The number of aromatic nitrogens is 3. The molecule has 8 heteroatoms. The number of hydrogen-bond donors (Lipinski definition) is 1. The molecule has 0 radical (unpaired) electrons. The van der Waals surface area contributed by atoms with Gasteiger partial charge in [-0.15, -0.1) is 0 Å². The number of carbonyl (C=O) groups is 2. The molecule has 1 amide bonds. The van der Waals surface area contributed by atoms with E-state index in [4.69, 9.17) is 4.74 Å². The van der Waals surface area contributed by atoms with Crippen molar-refractivity contribution in [1.29, 1.82) is 0 Å². The quantitative estimate of drug-likeness (QED) is 0.453. The van der Waals surface area contributed by atoms with E-state index in [0.717, 1.165) is 11.4 Å². The largest absolute Gasteiger partial charge is 0.462 e. The monoisotopic (exact) mass is 436 g/mol. The summed E-state index contributed by atoms with van der Waals surface area (Å²) >= 11 is 0. The van der Waals surface area contributed by atoms with E-state index in [1.54, 1.807) is 38.2 Å². The summed E-state index contributed by atoms with van der Waals surface area (Å²) in [6, 6.07) is 7.05. The highest BCUT2D eigenvalue weighted by molar-refractivity contribution is 5.98. The zero-order chi connectivity index (χ0) is 23.4. The lowest BCUT2D eigenvalue weighted by Gasteiger charge is -2.14. The molecule has 0 aliphatic rings. The molecule has 1 aromatic carbocycles. The lowest BCUT2D eigenvalue weighted by Crippen LogP contribution is -2.26. The standard InChI is InChI=1S/C24H28N4O4/c1-6-28-15(3)17(22(16(28)4)24(31)32-7-2)12-13-21(29)27(5)14-20-25-19-11-9-8-10-18(19)23(30)26-20/h8-13H,6-7,14H2,1-5H3,(H,25,26,30). The molecule has 0 aliphatic heterocycles. The van der Waals surface area contributed by atoms with Crippen molar-refractivity contribution in [3.63, 3.8) is 0 Å². The fourth-order valence-corrected chi connectivity index (χ4v) is 3.84. The molecule has 0 bridgehead atoms. The number of rotatable bonds is 7. The highest BCUT2D eigenvalue weighted by Crippen LogP contribution is 2.25. The maximum atomic E-state index is 12.7. The lowest BCUT2D eigenvalue weighted by molar-refractivity contribution is -0.125. The van der Waals surface area contributed by atoms with Gasteiger partial charge in [0.1, 0.15) is 5.82 Å². The Morgan fingerprint density at radius 3 is 2.59 bits per heavy atom. The predicted molar refractivity (Wildman–Crippen MR) is 123 cm³/mol. The minimum absolute atomic E-state index is 0.141. The first-order valence-corrected chi connectivity index (χ1v) is 10.6. The molecular weight excluding hydrogens is 408 g/mol. The minimum atomic E-state index is -0.404. The molecule has 0 aliphatic carbocycles. The summed E-state index contributed by atoms with van der Waals surface area (Å²) in [4.78, 5) is 46.1. The number of aromatic amines is 1. The Balaban J connectivity index is 1.85. The van der Waals surface area contributed by atoms with Crippen molar-refractivity contribution >= 4 is 28.9 Å². The molecule has 1 N–H and O–H groups in total. The molecule has 2 aromatic heterocycles. The average Bonchev–Trinajstić information content (AvgIpc) is 3.00. The second kappa shape index (κ2) is 9.64. The first-order valence-electron chi connectivity index (χ1n) is 10.6. The van der Waals surface area contributed by atoms with Gasteiger partial charge in [0.15, 0.2) is 0 Å². The van der Waals surface area contributed by atoms with Crippen molar-refractivity contribution < 1.29 is 14.3 Å². The third-order valence-electron chi connectivity index (χ3n) is 5.44. The van der Waals surface area contributed by atoms with E-state index in [1.807, 2.05) is 31.4 Å². The number of nitrogens with one attached hydrogen (secondary N) is 1. The van der Waals surface area contributed by atoms with Gasteiger partial charge in [0.25, 0.3) is 5.56 Å². The zero-order valence-corrected chi connectivity index (χ0v) is 19.1. The van der Waals surface area contributed by atoms with Gasteiger partial charge in [0.05, 0.1) is 29.6 Å².